The van der Waals surface area contributed by atoms with Crippen molar-refractivity contribution in [1.82, 2.24) is 15.3 Å². The Bertz CT molecular complexity index is 1390. The molecule has 178 valence electrons. The molecule has 0 saturated carbocycles. The van der Waals surface area contributed by atoms with Crippen LogP contribution in [-0.4, -0.2) is 45.5 Å². The van der Waals surface area contributed by atoms with Gasteiger partial charge in [0.15, 0.2) is 0 Å². The number of aliphatic hydroxyl groups excluding tert-OH is 2. The third-order valence-electron chi connectivity index (χ3n) is 6.42. The number of ether oxygens (including phenoxy) is 1. The van der Waals surface area contributed by atoms with Crippen molar-refractivity contribution in [1.29, 1.82) is 0 Å². The van der Waals surface area contributed by atoms with E-state index in [1.807, 2.05) is 24.3 Å². The quantitative estimate of drug-likeness (QED) is 0.328. The van der Waals surface area contributed by atoms with Gasteiger partial charge >= 0.3 is 6.09 Å². The van der Waals surface area contributed by atoms with E-state index in [9.17, 15) is 19.8 Å². The number of alkyl carbamates (subject to hydrolysis) is 1. The highest BCUT2D eigenvalue weighted by Crippen LogP contribution is 2.44. The maximum atomic E-state index is 12.3. The summed E-state index contributed by atoms with van der Waals surface area (Å²) in [5.41, 5.74) is 5.16. The van der Waals surface area contributed by atoms with E-state index in [2.05, 4.69) is 39.6 Å². The first kappa shape index (κ1) is 22.8. The minimum absolute atomic E-state index is 0.0330. The van der Waals surface area contributed by atoms with Crippen molar-refractivity contribution in [3.05, 3.63) is 100 Å². The van der Waals surface area contributed by atoms with Gasteiger partial charge < -0.3 is 25.3 Å². The van der Waals surface area contributed by atoms with Crippen molar-refractivity contribution >= 4 is 17.0 Å². The van der Waals surface area contributed by atoms with E-state index in [0.717, 1.165) is 22.3 Å². The second kappa shape index (κ2) is 9.69. The Morgan fingerprint density at radius 3 is 2.43 bits per heavy atom. The van der Waals surface area contributed by atoms with Crippen molar-refractivity contribution in [2.45, 2.75) is 24.5 Å². The molecule has 1 aromatic heterocycles. The first-order valence-electron chi connectivity index (χ1n) is 11.5. The topological polar surface area (TPSA) is 125 Å². The van der Waals surface area contributed by atoms with Gasteiger partial charge in [-0.3, -0.25) is 4.79 Å². The monoisotopic (exact) mass is 471 g/mol. The summed E-state index contributed by atoms with van der Waals surface area (Å²) in [5.74, 6) is -0.0330. The molecule has 1 aliphatic rings. The molecule has 1 amide bonds. The van der Waals surface area contributed by atoms with Crippen molar-refractivity contribution in [2.24, 2.45) is 0 Å². The van der Waals surface area contributed by atoms with Gasteiger partial charge in [-0.2, -0.15) is 0 Å². The van der Waals surface area contributed by atoms with Crippen molar-refractivity contribution in [3.63, 3.8) is 0 Å². The molecular weight excluding hydrogens is 446 g/mol. The zero-order valence-corrected chi connectivity index (χ0v) is 18.8. The molecule has 8 nitrogen and oxygen atoms in total. The second-order valence-electron chi connectivity index (χ2n) is 8.56. The van der Waals surface area contributed by atoms with Gasteiger partial charge in [0.05, 0.1) is 23.3 Å². The molecule has 4 aromatic rings. The number of hydrogen-bond acceptors (Lipinski definition) is 6. The van der Waals surface area contributed by atoms with Gasteiger partial charge in [0, 0.05) is 12.5 Å². The fraction of sp³-hybridized carbons (Fsp3) is 0.222. The van der Waals surface area contributed by atoms with E-state index in [-0.39, 0.29) is 31.0 Å². The third-order valence-corrected chi connectivity index (χ3v) is 6.42. The van der Waals surface area contributed by atoms with Crippen LogP contribution in [0, 0.1) is 0 Å². The minimum Gasteiger partial charge on any atom is -0.449 e. The van der Waals surface area contributed by atoms with E-state index in [4.69, 9.17) is 4.74 Å². The summed E-state index contributed by atoms with van der Waals surface area (Å²) in [6.45, 7) is 0.328. The fourth-order valence-corrected chi connectivity index (χ4v) is 4.62. The van der Waals surface area contributed by atoms with Crippen LogP contribution in [0.2, 0.25) is 0 Å². The summed E-state index contributed by atoms with van der Waals surface area (Å²) < 4.78 is 5.49. The number of fused-ring (bicyclic) bond motifs is 4. The third kappa shape index (κ3) is 4.53. The van der Waals surface area contributed by atoms with Crippen LogP contribution < -0.4 is 10.9 Å². The molecule has 0 bridgehead atoms. The van der Waals surface area contributed by atoms with Crippen LogP contribution in [0.5, 0.6) is 0 Å². The smallest absolute Gasteiger partial charge is 0.407 e. The maximum Gasteiger partial charge on any atom is 0.407 e. The fourth-order valence-electron chi connectivity index (χ4n) is 4.62. The van der Waals surface area contributed by atoms with Crippen LogP contribution >= 0.6 is 0 Å². The number of carbonyl (C=O) groups excluding carboxylic acids is 1. The molecule has 0 spiro atoms. The number of aliphatic hydroxyl groups is 2. The van der Waals surface area contributed by atoms with Gasteiger partial charge in [-0.1, -0.05) is 54.6 Å². The highest BCUT2D eigenvalue weighted by molar-refractivity contribution is 5.79. The summed E-state index contributed by atoms with van der Waals surface area (Å²) in [6.07, 6.45) is -1.49. The zero-order valence-electron chi connectivity index (χ0n) is 18.8. The average Bonchev–Trinajstić information content (AvgIpc) is 3.20. The molecule has 0 aliphatic heterocycles. The lowest BCUT2D eigenvalue weighted by Gasteiger charge is -2.19. The summed E-state index contributed by atoms with van der Waals surface area (Å²) in [4.78, 5) is 30.7. The Morgan fingerprint density at radius 1 is 1.03 bits per heavy atom. The number of nitrogens with zero attached hydrogens (tertiary/aromatic N) is 1. The molecule has 8 heteroatoms. The molecule has 0 radical (unpaired) electrons. The van der Waals surface area contributed by atoms with Crippen LogP contribution in [0.25, 0.3) is 22.0 Å². The molecule has 0 saturated heterocycles. The minimum atomic E-state index is -1.19. The predicted molar refractivity (Wildman–Crippen MR) is 131 cm³/mol. The molecule has 3 aromatic carbocycles. The van der Waals surface area contributed by atoms with Crippen LogP contribution in [0.15, 0.2) is 77.9 Å². The number of aromatic amines is 1. The lowest BCUT2D eigenvalue weighted by atomic mass is 9.98. The molecule has 1 heterocycles. The Labute approximate surface area is 201 Å². The van der Waals surface area contributed by atoms with E-state index < -0.39 is 18.3 Å². The first-order chi connectivity index (χ1) is 17.0. The number of H-pyrrole nitrogens is 1. The molecule has 35 heavy (non-hydrogen) atoms. The van der Waals surface area contributed by atoms with E-state index >= 15 is 0 Å². The largest absolute Gasteiger partial charge is 0.449 e. The number of aromatic nitrogens is 2. The molecule has 2 atom stereocenters. The molecule has 2 unspecified atom stereocenters. The Morgan fingerprint density at radius 2 is 1.71 bits per heavy atom. The number of carbonyl (C=O) groups is 1. The van der Waals surface area contributed by atoms with E-state index in [1.54, 1.807) is 18.2 Å². The van der Waals surface area contributed by atoms with Crippen molar-refractivity contribution in [3.8, 4) is 11.1 Å². The van der Waals surface area contributed by atoms with Crippen LogP contribution in [0.1, 0.15) is 35.1 Å². The molecule has 5 rings (SSSR count). The lowest BCUT2D eigenvalue weighted by molar-refractivity contribution is 0.0137. The van der Waals surface area contributed by atoms with Gasteiger partial charge in [-0.25, -0.2) is 9.78 Å². The number of nitrogens with one attached hydrogen (secondary N) is 2. The van der Waals surface area contributed by atoms with Crippen LogP contribution in [0.3, 0.4) is 0 Å². The summed E-state index contributed by atoms with van der Waals surface area (Å²) in [6, 6.07) is 20.9. The van der Waals surface area contributed by atoms with Gasteiger partial charge in [0.1, 0.15) is 12.7 Å². The Balaban J connectivity index is 1.14. The second-order valence-corrected chi connectivity index (χ2v) is 8.56. The summed E-state index contributed by atoms with van der Waals surface area (Å²) in [7, 11) is 0. The van der Waals surface area contributed by atoms with Crippen LogP contribution in [-0.2, 0) is 4.74 Å². The van der Waals surface area contributed by atoms with Crippen LogP contribution in [0.4, 0.5) is 4.79 Å². The number of amides is 1. The van der Waals surface area contributed by atoms with Crippen molar-refractivity contribution < 1.29 is 19.7 Å². The van der Waals surface area contributed by atoms with Gasteiger partial charge in [-0.05, 0) is 46.4 Å². The van der Waals surface area contributed by atoms with Gasteiger partial charge in [-0.15, -0.1) is 0 Å². The standard InChI is InChI=1S/C27H25N3O5/c31-24(25(32)16-9-10-21-23(13-16)29-15-30-26(21)33)11-12-28-27(34)35-14-22-19-7-3-1-5-17(19)18-6-2-4-8-20(18)22/h1-10,13,15,22,24-25,31-32H,11-12,14H2,(H,28,34)(H,29,30,33). The Kier molecular flexibility index (Phi) is 6.31. The average molecular weight is 472 g/mol. The maximum absolute atomic E-state index is 12.3. The Hall–Kier alpha value is -4.01. The van der Waals surface area contributed by atoms with Gasteiger partial charge in [0.2, 0.25) is 0 Å². The molecular formula is C27H25N3O5. The number of rotatable bonds is 7. The normalized spacial score (nSPS) is 14.2. The lowest BCUT2D eigenvalue weighted by Crippen LogP contribution is -2.30. The highest BCUT2D eigenvalue weighted by Gasteiger charge is 2.29. The zero-order chi connectivity index (χ0) is 24.4. The van der Waals surface area contributed by atoms with E-state index in [0.29, 0.717) is 16.5 Å². The van der Waals surface area contributed by atoms with Gasteiger partial charge in [0.25, 0.3) is 5.56 Å². The SMILES string of the molecule is O=C(NCCC(O)C(O)c1ccc2c(=O)[nH]cnc2c1)OCC1c2ccccc2-c2ccccc21. The number of benzene rings is 3. The molecule has 1 aliphatic carbocycles. The highest BCUT2D eigenvalue weighted by atomic mass is 16.5. The summed E-state index contributed by atoms with van der Waals surface area (Å²) in [5, 5.41) is 23.9. The number of hydrogen-bond donors (Lipinski definition) is 4. The molecule has 0 fully saturated rings. The van der Waals surface area contributed by atoms with Crippen molar-refractivity contribution in [2.75, 3.05) is 13.2 Å². The summed E-state index contributed by atoms with van der Waals surface area (Å²) >= 11 is 0. The molecule has 4 N–H and O–H groups in total. The first-order valence-corrected chi connectivity index (χ1v) is 11.5. The predicted octanol–water partition coefficient (Wildman–Crippen LogP) is 3.25. The van der Waals surface area contributed by atoms with E-state index in [1.165, 1.54) is 6.33 Å².